The van der Waals surface area contributed by atoms with Gasteiger partial charge in [0.2, 0.25) is 5.88 Å². The summed E-state index contributed by atoms with van der Waals surface area (Å²) in [6.45, 7) is 3.87. The van der Waals surface area contributed by atoms with Gasteiger partial charge in [-0.1, -0.05) is 13.8 Å². The van der Waals surface area contributed by atoms with Crippen LogP contribution < -0.4 is 10.1 Å². The molecule has 0 aliphatic heterocycles. The van der Waals surface area contributed by atoms with Crippen LogP contribution in [-0.2, 0) is 9.53 Å². The average molecular weight is 296 g/mol. The maximum atomic E-state index is 11.5. The predicted molar refractivity (Wildman–Crippen MR) is 76.6 cm³/mol. The van der Waals surface area contributed by atoms with E-state index in [2.05, 4.69) is 15.0 Å². The minimum Gasteiger partial charge on any atom is -0.480 e. The van der Waals surface area contributed by atoms with Gasteiger partial charge in [-0.2, -0.15) is 4.98 Å². The molecule has 1 atom stereocenters. The maximum absolute atomic E-state index is 11.5. The lowest BCUT2D eigenvalue weighted by molar-refractivity contribution is -0.138. The van der Waals surface area contributed by atoms with Gasteiger partial charge in [-0.3, -0.25) is 0 Å². The van der Waals surface area contributed by atoms with E-state index in [1.165, 1.54) is 26.4 Å². The van der Waals surface area contributed by atoms with Gasteiger partial charge in [0.15, 0.2) is 0 Å². The molecule has 116 valence electrons. The van der Waals surface area contributed by atoms with Crippen LogP contribution in [0.2, 0.25) is 0 Å². The number of aromatic nitrogens is 1. The summed E-state index contributed by atoms with van der Waals surface area (Å²) < 4.78 is 9.65. The van der Waals surface area contributed by atoms with E-state index in [1.807, 2.05) is 13.8 Å². The Morgan fingerprint density at radius 2 is 2.00 bits per heavy atom. The third-order valence-corrected chi connectivity index (χ3v) is 2.79. The molecule has 0 amide bonds. The van der Waals surface area contributed by atoms with Gasteiger partial charge < -0.3 is 19.9 Å². The molecule has 0 bridgehead atoms. The fraction of sp³-hybridized carbons (Fsp3) is 0.500. The van der Waals surface area contributed by atoms with Crippen LogP contribution >= 0.6 is 0 Å². The number of carbonyl (C=O) groups excluding carboxylic acids is 1. The van der Waals surface area contributed by atoms with Crippen LogP contribution in [-0.4, -0.2) is 42.3 Å². The molecule has 1 heterocycles. The fourth-order valence-electron chi connectivity index (χ4n) is 1.81. The lowest BCUT2D eigenvalue weighted by Crippen LogP contribution is -2.31. The number of rotatable bonds is 7. The number of anilines is 1. The number of pyridine rings is 1. The lowest BCUT2D eigenvalue weighted by Gasteiger charge is -2.17. The molecule has 1 rings (SSSR count). The number of carbonyl (C=O) groups is 2. The number of esters is 1. The number of carboxylic acid groups (broad SMARTS) is 1. The number of hydrogen-bond donors (Lipinski definition) is 2. The molecule has 0 aliphatic carbocycles. The number of aliphatic carboxylic acids is 1. The van der Waals surface area contributed by atoms with Gasteiger partial charge in [-0.15, -0.1) is 0 Å². The molecule has 0 radical (unpaired) electrons. The smallest absolute Gasteiger partial charge is 0.343 e. The Balaban J connectivity index is 2.98. The van der Waals surface area contributed by atoms with Crippen LogP contribution in [0.25, 0.3) is 0 Å². The molecule has 7 nitrogen and oxygen atoms in total. The van der Waals surface area contributed by atoms with Gasteiger partial charge in [0.05, 0.1) is 14.2 Å². The van der Waals surface area contributed by atoms with Crippen LogP contribution in [0, 0.1) is 5.92 Å². The van der Waals surface area contributed by atoms with E-state index < -0.39 is 18.0 Å². The number of methoxy groups -OCH3 is 2. The van der Waals surface area contributed by atoms with Crippen LogP contribution in [0.3, 0.4) is 0 Å². The Kier molecular flexibility index (Phi) is 5.95. The molecule has 2 N–H and O–H groups in total. The largest absolute Gasteiger partial charge is 0.480 e. The highest BCUT2D eigenvalue weighted by molar-refractivity contribution is 5.92. The Bertz CT molecular complexity index is 516. The van der Waals surface area contributed by atoms with Crippen molar-refractivity contribution in [3.05, 3.63) is 17.7 Å². The zero-order chi connectivity index (χ0) is 16.0. The first-order valence-electron chi connectivity index (χ1n) is 6.51. The maximum Gasteiger partial charge on any atom is 0.343 e. The summed E-state index contributed by atoms with van der Waals surface area (Å²) in [5, 5.41) is 12.0. The molecule has 1 aromatic heterocycles. The van der Waals surface area contributed by atoms with E-state index in [1.54, 1.807) is 0 Å². The van der Waals surface area contributed by atoms with Gasteiger partial charge in [0.25, 0.3) is 0 Å². The van der Waals surface area contributed by atoms with E-state index in [9.17, 15) is 14.7 Å². The van der Waals surface area contributed by atoms with E-state index in [0.29, 0.717) is 12.2 Å². The zero-order valence-corrected chi connectivity index (χ0v) is 12.5. The zero-order valence-electron chi connectivity index (χ0n) is 12.5. The Morgan fingerprint density at radius 3 is 2.48 bits per heavy atom. The van der Waals surface area contributed by atoms with Crippen molar-refractivity contribution >= 4 is 17.8 Å². The Morgan fingerprint density at radius 1 is 1.33 bits per heavy atom. The molecule has 21 heavy (non-hydrogen) atoms. The molecule has 0 spiro atoms. The number of nitrogens with one attached hydrogen (secondary N) is 1. The van der Waals surface area contributed by atoms with E-state index in [-0.39, 0.29) is 17.4 Å². The second-order valence-electron chi connectivity index (χ2n) is 4.91. The first kappa shape index (κ1) is 16.7. The number of carboxylic acids is 1. The molecule has 0 saturated carbocycles. The molecule has 1 aromatic rings. The summed E-state index contributed by atoms with van der Waals surface area (Å²) in [6, 6.07) is 2.24. The SMILES string of the molecule is COC(=O)c1ccc(N[C@H](CC(C)C)C(=O)O)nc1OC. The third kappa shape index (κ3) is 4.62. The highest BCUT2D eigenvalue weighted by Gasteiger charge is 2.21. The minimum atomic E-state index is -0.957. The quantitative estimate of drug-likeness (QED) is 0.740. The van der Waals surface area contributed by atoms with Gasteiger partial charge in [0, 0.05) is 0 Å². The molecular weight excluding hydrogens is 276 g/mol. The van der Waals surface area contributed by atoms with Crippen molar-refractivity contribution in [2.75, 3.05) is 19.5 Å². The van der Waals surface area contributed by atoms with E-state index >= 15 is 0 Å². The van der Waals surface area contributed by atoms with E-state index in [4.69, 9.17) is 4.74 Å². The van der Waals surface area contributed by atoms with Crippen molar-refractivity contribution in [1.29, 1.82) is 0 Å². The fourth-order valence-corrected chi connectivity index (χ4v) is 1.81. The molecule has 7 heteroatoms. The highest BCUT2D eigenvalue weighted by Crippen LogP contribution is 2.20. The number of ether oxygens (including phenoxy) is 2. The van der Waals surface area contributed by atoms with Gasteiger partial charge in [-0.05, 0) is 24.5 Å². The number of hydrogen-bond acceptors (Lipinski definition) is 6. The third-order valence-electron chi connectivity index (χ3n) is 2.79. The topological polar surface area (TPSA) is 97.8 Å². The lowest BCUT2D eigenvalue weighted by atomic mass is 10.0. The van der Waals surface area contributed by atoms with Gasteiger partial charge in [-0.25, -0.2) is 9.59 Å². The number of nitrogens with zero attached hydrogens (tertiary/aromatic N) is 1. The van der Waals surface area contributed by atoms with Crippen molar-refractivity contribution in [2.24, 2.45) is 5.92 Å². The second-order valence-corrected chi connectivity index (χ2v) is 4.91. The van der Waals surface area contributed by atoms with Gasteiger partial charge >= 0.3 is 11.9 Å². The summed E-state index contributed by atoms with van der Waals surface area (Å²) in [5.74, 6) is -0.896. The Labute approximate surface area is 123 Å². The normalized spacial score (nSPS) is 11.9. The van der Waals surface area contributed by atoms with Crippen LogP contribution in [0.15, 0.2) is 12.1 Å². The minimum absolute atomic E-state index is 0.0838. The van der Waals surface area contributed by atoms with Crippen molar-refractivity contribution in [1.82, 2.24) is 4.98 Å². The summed E-state index contributed by atoms with van der Waals surface area (Å²) in [5.41, 5.74) is 0.182. The molecule has 0 unspecified atom stereocenters. The van der Waals surface area contributed by atoms with E-state index in [0.717, 1.165) is 0 Å². The summed E-state index contributed by atoms with van der Waals surface area (Å²) >= 11 is 0. The molecule has 0 fully saturated rings. The van der Waals surface area contributed by atoms with Crippen LogP contribution in [0.1, 0.15) is 30.6 Å². The van der Waals surface area contributed by atoms with Crippen molar-refractivity contribution in [2.45, 2.75) is 26.3 Å². The molecule has 0 saturated heterocycles. The van der Waals surface area contributed by atoms with Crippen molar-refractivity contribution < 1.29 is 24.2 Å². The second kappa shape index (κ2) is 7.47. The van der Waals surface area contributed by atoms with Crippen LogP contribution in [0.5, 0.6) is 5.88 Å². The van der Waals surface area contributed by atoms with Crippen molar-refractivity contribution in [3.63, 3.8) is 0 Å². The average Bonchev–Trinajstić information content (AvgIpc) is 2.45. The van der Waals surface area contributed by atoms with Crippen LogP contribution in [0.4, 0.5) is 5.82 Å². The molecule has 0 aromatic carbocycles. The standard InChI is InChI=1S/C14H20N2O5/c1-8(2)7-10(13(17)18)15-11-6-5-9(14(19)21-4)12(16-11)20-3/h5-6,8,10H,7H2,1-4H3,(H,15,16)(H,17,18)/t10-/m1/s1. The summed E-state index contributed by atoms with van der Waals surface area (Å²) in [7, 11) is 2.64. The summed E-state index contributed by atoms with van der Waals surface area (Å²) in [6.07, 6.45) is 0.456. The first-order valence-corrected chi connectivity index (χ1v) is 6.51. The highest BCUT2D eigenvalue weighted by atomic mass is 16.5. The monoisotopic (exact) mass is 296 g/mol. The summed E-state index contributed by atoms with van der Waals surface area (Å²) in [4.78, 5) is 26.8. The molecule has 0 aliphatic rings. The van der Waals surface area contributed by atoms with Crippen molar-refractivity contribution in [3.8, 4) is 5.88 Å². The Hall–Kier alpha value is -2.31. The first-order chi connectivity index (χ1) is 9.88. The van der Waals surface area contributed by atoms with Gasteiger partial charge in [0.1, 0.15) is 17.4 Å². The molecular formula is C14H20N2O5. The predicted octanol–water partition coefficient (Wildman–Crippen LogP) is 1.79.